The summed E-state index contributed by atoms with van der Waals surface area (Å²) in [6.07, 6.45) is 6.88. The zero-order valence-electron chi connectivity index (χ0n) is 10.9. The molecule has 3 nitrogen and oxygen atoms in total. The van der Waals surface area contributed by atoms with Crippen LogP contribution < -0.4 is 0 Å². The van der Waals surface area contributed by atoms with Crippen molar-refractivity contribution in [2.75, 3.05) is 0 Å². The number of nitrogens with zero attached hydrogens (tertiary/aromatic N) is 2. The number of thiophene rings is 1. The minimum atomic E-state index is -0.0561. The number of aromatic nitrogens is 2. The number of carbonyl (C=O) groups is 1. The van der Waals surface area contributed by atoms with Crippen molar-refractivity contribution >= 4 is 34.8 Å². The van der Waals surface area contributed by atoms with Crippen molar-refractivity contribution in [2.24, 2.45) is 0 Å². The molecule has 0 atom stereocenters. The van der Waals surface area contributed by atoms with Crippen molar-refractivity contribution in [1.82, 2.24) is 9.78 Å². The summed E-state index contributed by atoms with van der Waals surface area (Å²) in [6, 6.07) is 13.3. The largest absolute Gasteiger partial charge is 0.288 e. The van der Waals surface area contributed by atoms with Gasteiger partial charge in [-0.05, 0) is 36.4 Å². The van der Waals surface area contributed by atoms with Gasteiger partial charge in [0, 0.05) is 11.8 Å². The van der Waals surface area contributed by atoms with Gasteiger partial charge < -0.3 is 0 Å². The van der Waals surface area contributed by atoms with Crippen molar-refractivity contribution in [3.63, 3.8) is 0 Å². The lowest BCUT2D eigenvalue weighted by atomic mass is 10.2. The highest BCUT2D eigenvalue weighted by Crippen LogP contribution is 2.22. The van der Waals surface area contributed by atoms with Gasteiger partial charge in [0.2, 0.25) is 0 Å². The first-order chi connectivity index (χ1) is 10.2. The molecule has 5 heteroatoms. The van der Waals surface area contributed by atoms with Crippen LogP contribution in [0.3, 0.4) is 0 Å². The lowest BCUT2D eigenvalue weighted by Gasteiger charge is -1.98. The van der Waals surface area contributed by atoms with E-state index in [0.717, 1.165) is 11.3 Å². The fraction of sp³-hybridized carbons (Fsp3) is 0. The van der Waals surface area contributed by atoms with Crippen LogP contribution in [0.4, 0.5) is 0 Å². The van der Waals surface area contributed by atoms with Crippen LogP contribution in [0.15, 0.2) is 60.9 Å². The second-order valence-electron chi connectivity index (χ2n) is 4.36. The molecule has 0 spiro atoms. The van der Waals surface area contributed by atoms with E-state index in [1.165, 1.54) is 17.4 Å². The Balaban J connectivity index is 1.75. The van der Waals surface area contributed by atoms with Crippen LogP contribution in [0.5, 0.6) is 0 Å². The SMILES string of the molecule is O=C(/C=C/c1cnn(-c2ccccc2)c1)c1ccc(Cl)s1. The minimum absolute atomic E-state index is 0.0561. The minimum Gasteiger partial charge on any atom is -0.288 e. The average molecular weight is 315 g/mol. The van der Waals surface area contributed by atoms with Gasteiger partial charge in [-0.2, -0.15) is 5.10 Å². The summed E-state index contributed by atoms with van der Waals surface area (Å²) in [6.45, 7) is 0. The highest BCUT2D eigenvalue weighted by molar-refractivity contribution is 7.18. The number of carbonyl (C=O) groups excluding carboxylic acids is 1. The number of halogens is 1. The molecule has 0 saturated carbocycles. The molecule has 1 aromatic carbocycles. The predicted octanol–water partition coefficient (Wildman–Crippen LogP) is 4.48. The molecule has 0 unspecified atom stereocenters. The smallest absolute Gasteiger partial charge is 0.195 e. The first kappa shape index (κ1) is 13.8. The molecule has 21 heavy (non-hydrogen) atoms. The van der Waals surface area contributed by atoms with Gasteiger partial charge in [-0.1, -0.05) is 29.8 Å². The average Bonchev–Trinajstić information content (AvgIpc) is 3.15. The highest BCUT2D eigenvalue weighted by Gasteiger charge is 2.05. The molecule has 0 bridgehead atoms. The zero-order chi connectivity index (χ0) is 14.7. The van der Waals surface area contributed by atoms with Gasteiger partial charge in [0.1, 0.15) is 0 Å². The number of para-hydroxylation sites is 1. The van der Waals surface area contributed by atoms with Crippen LogP contribution in [-0.2, 0) is 0 Å². The van der Waals surface area contributed by atoms with E-state index >= 15 is 0 Å². The molecule has 0 fully saturated rings. The predicted molar refractivity (Wildman–Crippen MR) is 86.3 cm³/mol. The van der Waals surface area contributed by atoms with Gasteiger partial charge in [0.15, 0.2) is 5.78 Å². The third-order valence-corrected chi connectivity index (χ3v) is 4.11. The van der Waals surface area contributed by atoms with Gasteiger partial charge in [0.05, 0.1) is 21.1 Å². The van der Waals surface area contributed by atoms with Crippen molar-refractivity contribution < 1.29 is 4.79 Å². The molecule has 0 aliphatic heterocycles. The Morgan fingerprint density at radius 1 is 1.19 bits per heavy atom. The maximum atomic E-state index is 11.9. The van der Waals surface area contributed by atoms with Crippen molar-refractivity contribution in [3.8, 4) is 5.69 Å². The molecule has 3 rings (SSSR count). The maximum Gasteiger partial charge on any atom is 0.195 e. The molecule has 0 amide bonds. The van der Waals surface area contributed by atoms with Crippen LogP contribution in [0.2, 0.25) is 4.34 Å². The Bertz CT molecular complexity index is 789. The molecule has 0 aliphatic carbocycles. The quantitative estimate of drug-likeness (QED) is 0.525. The van der Waals surface area contributed by atoms with Gasteiger partial charge in [-0.25, -0.2) is 4.68 Å². The highest BCUT2D eigenvalue weighted by atomic mass is 35.5. The molecular formula is C16H11ClN2OS. The zero-order valence-corrected chi connectivity index (χ0v) is 12.5. The van der Waals surface area contributed by atoms with E-state index in [4.69, 9.17) is 11.6 Å². The molecule has 0 saturated heterocycles. The van der Waals surface area contributed by atoms with Crippen LogP contribution in [-0.4, -0.2) is 15.6 Å². The standard InChI is InChI=1S/C16H11ClN2OS/c17-16-9-8-15(21-16)14(20)7-6-12-10-18-19(11-12)13-4-2-1-3-5-13/h1-11H/b7-6+. The van der Waals surface area contributed by atoms with Crippen LogP contribution in [0.25, 0.3) is 11.8 Å². The molecule has 0 radical (unpaired) electrons. The van der Waals surface area contributed by atoms with Crippen LogP contribution in [0.1, 0.15) is 15.2 Å². The van der Waals surface area contributed by atoms with Gasteiger partial charge >= 0.3 is 0 Å². The molecule has 3 aromatic rings. The van der Waals surface area contributed by atoms with E-state index < -0.39 is 0 Å². The summed E-state index contributed by atoms with van der Waals surface area (Å²) < 4.78 is 2.38. The molecule has 104 valence electrons. The van der Waals surface area contributed by atoms with Gasteiger partial charge in [0.25, 0.3) is 0 Å². The van der Waals surface area contributed by atoms with E-state index in [2.05, 4.69) is 5.10 Å². The monoisotopic (exact) mass is 314 g/mol. The van der Waals surface area contributed by atoms with Gasteiger partial charge in [-0.15, -0.1) is 11.3 Å². The number of rotatable bonds is 4. The van der Waals surface area contributed by atoms with Crippen LogP contribution >= 0.6 is 22.9 Å². The molecule has 0 aliphatic rings. The number of ketones is 1. The Hall–Kier alpha value is -2.17. The molecule has 0 N–H and O–H groups in total. The first-order valence-electron chi connectivity index (χ1n) is 6.30. The molecule has 2 heterocycles. The van der Waals surface area contributed by atoms with Crippen LogP contribution in [0, 0.1) is 0 Å². The van der Waals surface area contributed by atoms with E-state index in [1.807, 2.05) is 36.5 Å². The third-order valence-electron chi connectivity index (χ3n) is 2.87. The van der Waals surface area contributed by atoms with E-state index in [0.29, 0.717) is 9.21 Å². The fourth-order valence-electron chi connectivity index (χ4n) is 1.85. The lowest BCUT2D eigenvalue weighted by Crippen LogP contribution is -1.92. The number of hydrogen-bond donors (Lipinski definition) is 0. The van der Waals surface area contributed by atoms with Gasteiger partial charge in [-0.3, -0.25) is 4.79 Å². The second kappa shape index (κ2) is 6.08. The summed E-state index contributed by atoms with van der Waals surface area (Å²) in [5, 5.41) is 4.28. The topological polar surface area (TPSA) is 34.9 Å². The maximum absolute atomic E-state index is 11.9. The van der Waals surface area contributed by atoms with E-state index in [1.54, 1.807) is 29.1 Å². The Labute approximate surface area is 131 Å². The molecular weight excluding hydrogens is 304 g/mol. The summed E-state index contributed by atoms with van der Waals surface area (Å²) in [5.74, 6) is -0.0561. The summed E-state index contributed by atoms with van der Waals surface area (Å²) in [5.41, 5.74) is 1.85. The third kappa shape index (κ3) is 3.29. The normalized spacial score (nSPS) is 11.1. The Morgan fingerprint density at radius 2 is 2.00 bits per heavy atom. The van der Waals surface area contributed by atoms with Crippen molar-refractivity contribution in [3.05, 3.63) is 75.7 Å². The fourth-order valence-corrected chi connectivity index (χ4v) is 2.81. The number of hydrogen-bond acceptors (Lipinski definition) is 3. The summed E-state index contributed by atoms with van der Waals surface area (Å²) >= 11 is 7.10. The molecule has 2 aromatic heterocycles. The number of allylic oxidation sites excluding steroid dienone is 1. The summed E-state index contributed by atoms with van der Waals surface area (Å²) in [7, 11) is 0. The number of benzene rings is 1. The lowest BCUT2D eigenvalue weighted by molar-refractivity contribution is 0.105. The Morgan fingerprint density at radius 3 is 2.71 bits per heavy atom. The van der Waals surface area contributed by atoms with Crippen molar-refractivity contribution in [2.45, 2.75) is 0 Å². The summed E-state index contributed by atoms with van der Waals surface area (Å²) in [4.78, 5) is 12.6. The Kier molecular flexibility index (Phi) is 3.99. The van der Waals surface area contributed by atoms with Crippen molar-refractivity contribution in [1.29, 1.82) is 0 Å². The first-order valence-corrected chi connectivity index (χ1v) is 7.50. The van der Waals surface area contributed by atoms with E-state index in [-0.39, 0.29) is 5.78 Å². The second-order valence-corrected chi connectivity index (χ2v) is 6.07. The van der Waals surface area contributed by atoms with E-state index in [9.17, 15) is 4.79 Å².